The molecule has 2 aromatic heterocycles. The van der Waals surface area contributed by atoms with Gasteiger partial charge in [0.2, 0.25) is 5.69 Å². The summed E-state index contributed by atoms with van der Waals surface area (Å²) in [4.78, 5) is 0. The van der Waals surface area contributed by atoms with Crippen molar-refractivity contribution in [1.82, 2.24) is 0 Å². The molecule has 0 amide bonds. The molecule has 170 valence electrons. The second-order valence-electron chi connectivity index (χ2n) is 9.18. The van der Waals surface area contributed by atoms with Gasteiger partial charge >= 0.3 is 0 Å². The summed E-state index contributed by atoms with van der Waals surface area (Å²) < 4.78 is 24.3. The van der Waals surface area contributed by atoms with E-state index in [1.54, 1.807) is 0 Å². The van der Waals surface area contributed by atoms with Crippen LogP contribution in [0.5, 0.6) is 0 Å². The Morgan fingerprint density at radius 2 is 1.34 bits per heavy atom. The second-order valence-corrected chi connectivity index (χ2v) is 9.18. The predicted molar refractivity (Wildman–Crippen MR) is 141 cm³/mol. The lowest BCUT2D eigenvalue weighted by Gasteiger charge is -2.06. The zero-order chi connectivity index (χ0) is 24.1. The molecule has 0 unspecified atom stereocenters. The average molecular weight is 459 g/mol. The number of pyridine rings is 1. The largest absolute Gasteiger partial charge is 0.452 e. The highest BCUT2D eigenvalue weighted by molar-refractivity contribution is 6.10. The predicted octanol–water partition coefficient (Wildman–Crippen LogP) is 8.17. The number of aromatic nitrogens is 1. The van der Waals surface area contributed by atoms with E-state index in [9.17, 15) is 0 Å². The summed E-state index contributed by atoms with van der Waals surface area (Å²) in [5, 5.41) is 1.71. The molecular formula is C32H25FNO+. The number of furan rings is 1. The maximum Gasteiger partial charge on any atom is 0.216 e. The molecule has 0 N–H and O–H groups in total. The van der Waals surface area contributed by atoms with Crippen molar-refractivity contribution in [2.45, 2.75) is 13.8 Å². The molecule has 3 heteroatoms. The Balaban J connectivity index is 1.52. The van der Waals surface area contributed by atoms with Crippen molar-refractivity contribution < 1.29 is 13.4 Å². The van der Waals surface area contributed by atoms with Crippen molar-refractivity contribution in [1.29, 1.82) is 0 Å². The Kier molecular flexibility index (Phi) is 5.00. The lowest BCUT2D eigenvalue weighted by molar-refractivity contribution is -0.660. The zero-order valence-corrected chi connectivity index (χ0v) is 20.0. The fourth-order valence-corrected chi connectivity index (χ4v) is 4.91. The number of aryl methyl sites for hydroxylation is 3. The van der Waals surface area contributed by atoms with Crippen LogP contribution in [0.2, 0.25) is 0 Å². The molecule has 0 saturated carbocycles. The van der Waals surface area contributed by atoms with Gasteiger partial charge in [-0.1, -0.05) is 72.8 Å². The van der Waals surface area contributed by atoms with Gasteiger partial charge in [-0.15, -0.1) is 0 Å². The summed E-state index contributed by atoms with van der Waals surface area (Å²) in [5.41, 5.74) is 8.92. The number of hydrogen-bond acceptors (Lipinski definition) is 1. The fourth-order valence-electron chi connectivity index (χ4n) is 4.91. The second kappa shape index (κ2) is 8.21. The molecule has 35 heavy (non-hydrogen) atoms. The molecule has 4 aromatic carbocycles. The van der Waals surface area contributed by atoms with Crippen LogP contribution in [0.3, 0.4) is 0 Å². The van der Waals surface area contributed by atoms with E-state index in [4.69, 9.17) is 4.42 Å². The highest BCUT2D eigenvalue weighted by Crippen LogP contribution is 2.40. The Hall–Kier alpha value is -4.24. The van der Waals surface area contributed by atoms with Gasteiger partial charge in [0.15, 0.2) is 17.6 Å². The van der Waals surface area contributed by atoms with Crippen LogP contribution in [0.25, 0.3) is 55.4 Å². The number of halogens is 1. The van der Waals surface area contributed by atoms with Crippen molar-refractivity contribution in [2.75, 3.05) is 0 Å². The third-order valence-electron chi connectivity index (χ3n) is 6.82. The van der Waals surface area contributed by atoms with Crippen molar-refractivity contribution in [2.24, 2.45) is 7.05 Å². The maximum atomic E-state index is 15.9. The molecule has 2 nitrogen and oxygen atoms in total. The van der Waals surface area contributed by atoms with E-state index in [-0.39, 0.29) is 5.82 Å². The summed E-state index contributed by atoms with van der Waals surface area (Å²) in [6.45, 7) is 4.15. The minimum Gasteiger partial charge on any atom is -0.452 e. The van der Waals surface area contributed by atoms with Gasteiger partial charge < -0.3 is 4.42 Å². The van der Waals surface area contributed by atoms with Gasteiger partial charge in [0, 0.05) is 28.5 Å². The van der Waals surface area contributed by atoms with Crippen molar-refractivity contribution in [3.8, 4) is 33.5 Å². The number of nitrogens with zero attached hydrogens (tertiary/aromatic N) is 1. The third-order valence-corrected chi connectivity index (χ3v) is 6.82. The van der Waals surface area contributed by atoms with Gasteiger partial charge in [0.05, 0.1) is 5.56 Å². The van der Waals surface area contributed by atoms with E-state index in [0.717, 1.165) is 55.4 Å². The SMILES string of the molecule is Cc1cc[n+](C)c(-c2c(C)ccc3c2oc2c(F)c(-c4ccc(-c5ccccc5)cc4)ccc23)c1. The molecule has 0 aliphatic heterocycles. The first-order valence-corrected chi connectivity index (χ1v) is 11.8. The lowest BCUT2D eigenvalue weighted by atomic mass is 9.98. The van der Waals surface area contributed by atoms with Crippen LogP contribution in [-0.4, -0.2) is 0 Å². The van der Waals surface area contributed by atoms with E-state index in [1.165, 1.54) is 0 Å². The van der Waals surface area contributed by atoms with Gasteiger partial charge in [-0.25, -0.2) is 8.96 Å². The summed E-state index contributed by atoms with van der Waals surface area (Å²) in [7, 11) is 2.02. The van der Waals surface area contributed by atoms with Gasteiger partial charge in [-0.05, 0) is 47.7 Å². The minimum atomic E-state index is -0.330. The molecule has 0 atom stereocenters. The van der Waals surface area contributed by atoms with Crippen LogP contribution in [0.1, 0.15) is 11.1 Å². The summed E-state index contributed by atoms with van der Waals surface area (Å²) in [5.74, 6) is -0.330. The summed E-state index contributed by atoms with van der Waals surface area (Å²) >= 11 is 0. The standard InChI is InChI=1S/C32H25FNO/c1-20-17-18-34(3)28(19-20)29-21(2)9-14-26-27-16-15-25(30(33)32(27)35-31(26)29)24-12-10-23(11-13-24)22-7-5-4-6-8-22/h4-19H,1-3H3/q+1. The fraction of sp³-hybridized carbons (Fsp3) is 0.0938. The lowest BCUT2D eigenvalue weighted by Crippen LogP contribution is -2.30. The smallest absolute Gasteiger partial charge is 0.216 e. The van der Waals surface area contributed by atoms with Crippen LogP contribution < -0.4 is 4.57 Å². The van der Waals surface area contributed by atoms with Crippen LogP contribution in [-0.2, 0) is 7.05 Å². The first-order valence-electron chi connectivity index (χ1n) is 11.8. The van der Waals surface area contributed by atoms with Crippen LogP contribution in [0, 0.1) is 19.7 Å². The van der Waals surface area contributed by atoms with E-state index >= 15 is 4.39 Å². The van der Waals surface area contributed by atoms with E-state index < -0.39 is 0 Å². The molecule has 2 heterocycles. The van der Waals surface area contributed by atoms with Gasteiger partial charge in [0.1, 0.15) is 12.6 Å². The Labute approximate surface area is 203 Å². The first-order chi connectivity index (χ1) is 17.0. The number of benzene rings is 4. The Morgan fingerprint density at radius 1 is 0.686 bits per heavy atom. The monoisotopic (exact) mass is 458 g/mol. The molecule has 0 aliphatic rings. The highest BCUT2D eigenvalue weighted by atomic mass is 19.1. The van der Waals surface area contributed by atoms with E-state index in [2.05, 4.69) is 48.7 Å². The molecule has 0 fully saturated rings. The molecule has 0 radical (unpaired) electrons. The minimum absolute atomic E-state index is 0.298. The quantitative estimate of drug-likeness (QED) is 0.244. The number of fused-ring (bicyclic) bond motifs is 3. The molecule has 0 bridgehead atoms. The van der Waals surface area contributed by atoms with Crippen LogP contribution in [0.15, 0.2) is 102 Å². The third kappa shape index (κ3) is 3.52. The first kappa shape index (κ1) is 21.3. The highest BCUT2D eigenvalue weighted by Gasteiger charge is 2.23. The van der Waals surface area contributed by atoms with Gasteiger partial charge in [0.25, 0.3) is 0 Å². The molecular weight excluding hydrogens is 433 g/mol. The maximum absolute atomic E-state index is 15.9. The van der Waals surface area contributed by atoms with Crippen molar-refractivity contribution in [3.05, 3.63) is 114 Å². The molecule has 0 saturated heterocycles. The normalized spacial score (nSPS) is 11.4. The number of rotatable bonds is 3. The average Bonchev–Trinajstić information content (AvgIpc) is 3.26. The van der Waals surface area contributed by atoms with Crippen molar-refractivity contribution >= 4 is 21.9 Å². The molecule has 0 spiro atoms. The summed E-state index contributed by atoms with van der Waals surface area (Å²) in [6.07, 6.45) is 2.05. The van der Waals surface area contributed by atoms with Gasteiger partial charge in [-0.2, -0.15) is 0 Å². The summed E-state index contributed by atoms with van der Waals surface area (Å²) in [6, 6.07) is 30.4. The Morgan fingerprint density at radius 3 is 2.11 bits per heavy atom. The zero-order valence-electron chi connectivity index (χ0n) is 20.0. The topological polar surface area (TPSA) is 17.0 Å². The number of hydrogen-bond donors (Lipinski definition) is 0. The van der Waals surface area contributed by atoms with Crippen LogP contribution in [0.4, 0.5) is 4.39 Å². The van der Waals surface area contributed by atoms with Crippen LogP contribution >= 0.6 is 0 Å². The molecule has 6 aromatic rings. The molecule has 6 rings (SSSR count). The van der Waals surface area contributed by atoms with E-state index in [0.29, 0.717) is 11.1 Å². The van der Waals surface area contributed by atoms with Gasteiger partial charge in [-0.3, -0.25) is 0 Å². The molecule has 0 aliphatic carbocycles. The Bertz CT molecular complexity index is 1710. The van der Waals surface area contributed by atoms with E-state index in [1.807, 2.05) is 73.9 Å². The van der Waals surface area contributed by atoms with Crippen molar-refractivity contribution in [3.63, 3.8) is 0 Å².